The molecule has 1 rings (SSSR count). The fourth-order valence-electron chi connectivity index (χ4n) is 3.01. The molecule has 1 unspecified atom stereocenters. The van der Waals surface area contributed by atoms with Crippen LogP contribution in [0.4, 0.5) is 0 Å². The molecule has 11 nitrogen and oxygen atoms in total. The monoisotopic (exact) mass is 488 g/mol. The van der Waals surface area contributed by atoms with E-state index in [0.29, 0.717) is 29.7 Å². The van der Waals surface area contributed by atoms with Crippen LogP contribution in [0.3, 0.4) is 0 Å². The summed E-state index contributed by atoms with van der Waals surface area (Å²) in [6.45, 7) is 7.97. The van der Waals surface area contributed by atoms with E-state index in [-0.39, 0.29) is 17.9 Å². The molecule has 1 aromatic carbocycles. The van der Waals surface area contributed by atoms with E-state index in [1.54, 1.807) is 34.6 Å². The normalized spacial score (nSPS) is 12.7. The Morgan fingerprint density at radius 3 is 2.24 bits per heavy atom. The summed E-state index contributed by atoms with van der Waals surface area (Å²) in [4.78, 5) is 39.6. The van der Waals surface area contributed by atoms with Crippen molar-refractivity contribution in [3.8, 4) is 5.75 Å². The Labute approximate surface area is 194 Å². The van der Waals surface area contributed by atoms with E-state index in [1.165, 1.54) is 12.1 Å². The van der Waals surface area contributed by atoms with E-state index in [0.717, 1.165) is 12.2 Å². The van der Waals surface area contributed by atoms with Gasteiger partial charge in [-0.05, 0) is 64.3 Å². The van der Waals surface area contributed by atoms with Gasteiger partial charge in [0.15, 0.2) is 0 Å². The number of nitrogens with one attached hydrogen (secondary N) is 1. The van der Waals surface area contributed by atoms with E-state index >= 15 is 0 Å². The van der Waals surface area contributed by atoms with E-state index in [1.807, 2.05) is 0 Å². The minimum atomic E-state index is -4.21. The van der Waals surface area contributed by atoms with Crippen LogP contribution in [0.5, 0.6) is 5.75 Å². The summed E-state index contributed by atoms with van der Waals surface area (Å²) in [6.07, 6.45) is 0.613. The molecule has 33 heavy (non-hydrogen) atoms. The van der Waals surface area contributed by atoms with Gasteiger partial charge >= 0.3 is 11.9 Å². The third-order valence-corrected chi connectivity index (χ3v) is 5.94. The second kappa shape index (κ2) is 12.0. The molecule has 0 aliphatic carbocycles. The van der Waals surface area contributed by atoms with Gasteiger partial charge in [0.25, 0.3) is 0 Å². The summed E-state index contributed by atoms with van der Waals surface area (Å²) < 4.78 is 38.8. The van der Waals surface area contributed by atoms with Gasteiger partial charge in [-0.25, -0.2) is 13.5 Å². The Morgan fingerprint density at radius 2 is 1.79 bits per heavy atom. The average Bonchev–Trinajstić information content (AvgIpc) is 2.67. The molecular weight excluding hydrogens is 456 g/mol. The summed E-state index contributed by atoms with van der Waals surface area (Å²) in [7, 11) is -3.11. The first-order chi connectivity index (χ1) is 15.2. The highest BCUT2D eigenvalue weighted by Gasteiger charge is 2.31. The standard InChI is InChI=1S/C21H32N2O9S/c1-14-10-16(31-9-7-8-18(25)26)11-15(2)19(14)33(28,29)22-17(20(27)30-6)12-23(13-24)32-21(3,4)5/h10-11,13,17,22H,7-9,12H2,1-6H3,(H,25,26). The van der Waals surface area contributed by atoms with Gasteiger partial charge in [-0.15, -0.1) is 0 Å². The summed E-state index contributed by atoms with van der Waals surface area (Å²) in [6, 6.07) is 1.60. The number of benzene rings is 1. The van der Waals surface area contributed by atoms with Crippen LogP contribution in [0.1, 0.15) is 44.7 Å². The number of rotatable bonds is 13. The summed E-state index contributed by atoms with van der Waals surface area (Å²) in [5.41, 5.74) is -0.0384. The molecule has 0 aliphatic heterocycles. The minimum absolute atomic E-state index is 0.0417. The number of carbonyl (C=O) groups is 3. The van der Waals surface area contributed by atoms with Gasteiger partial charge in [0.2, 0.25) is 16.4 Å². The van der Waals surface area contributed by atoms with E-state index in [9.17, 15) is 22.8 Å². The SMILES string of the molecule is COC(=O)C(CN(C=O)OC(C)(C)C)NS(=O)(=O)c1c(C)cc(OCCCC(=O)O)cc1C. The van der Waals surface area contributed by atoms with Gasteiger partial charge in [-0.1, -0.05) is 0 Å². The molecule has 0 saturated heterocycles. The first-order valence-electron chi connectivity index (χ1n) is 10.2. The molecule has 2 N–H and O–H groups in total. The highest BCUT2D eigenvalue weighted by molar-refractivity contribution is 7.89. The molecular formula is C21H32N2O9S. The number of aryl methyl sites for hydroxylation is 2. The molecule has 12 heteroatoms. The molecule has 1 atom stereocenters. The average molecular weight is 489 g/mol. The topological polar surface area (TPSA) is 149 Å². The van der Waals surface area contributed by atoms with Crippen molar-refractivity contribution >= 4 is 28.4 Å². The van der Waals surface area contributed by atoms with Crippen molar-refractivity contribution in [3.63, 3.8) is 0 Å². The predicted molar refractivity (Wildman–Crippen MR) is 118 cm³/mol. The van der Waals surface area contributed by atoms with Gasteiger partial charge in [-0.3, -0.25) is 19.2 Å². The Bertz CT molecular complexity index is 932. The zero-order chi connectivity index (χ0) is 25.4. The van der Waals surface area contributed by atoms with Crippen molar-refractivity contribution in [2.24, 2.45) is 0 Å². The van der Waals surface area contributed by atoms with Gasteiger partial charge in [-0.2, -0.15) is 4.72 Å². The van der Waals surface area contributed by atoms with Crippen molar-refractivity contribution in [3.05, 3.63) is 23.3 Å². The zero-order valence-electron chi connectivity index (χ0n) is 19.7. The number of hydrogen-bond acceptors (Lipinski definition) is 8. The van der Waals surface area contributed by atoms with Crippen molar-refractivity contribution in [2.75, 3.05) is 20.3 Å². The number of methoxy groups -OCH3 is 1. The lowest BCUT2D eigenvalue weighted by Crippen LogP contribution is -2.50. The second-order valence-electron chi connectivity index (χ2n) is 8.34. The molecule has 1 amide bonds. The largest absolute Gasteiger partial charge is 0.494 e. The second-order valence-corrected chi connectivity index (χ2v) is 9.99. The number of carboxylic acids is 1. The quantitative estimate of drug-likeness (QED) is 0.183. The molecule has 1 aromatic rings. The van der Waals surface area contributed by atoms with Crippen molar-refractivity contribution in [1.29, 1.82) is 0 Å². The molecule has 0 fully saturated rings. The van der Waals surface area contributed by atoms with Gasteiger partial charge in [0, 0.05) is 6.42 Å². The third kappa shape index (κ3) is 9.36. The Morgan fingerprint density at radius 1 is 1.21 bits per heavy atom. The number of hydroxylamine groups is 2. The molecule has 0 heterocycles. The number of carboxylic acid groups (broad SMARTS) is 1. The maximum atomic E-state index is 13.1. The number of sulfonamides is 1. The summed E-state index contributed by atoms with van der Waals surface area (Å²) >= 11 is 0. The molecule has 0 spiro atoms. The number of amides is 1. The Kier molecular flexibility index (Phi) is 10.3. The van der Waals surface area contributed by atoms with Crippen molar-refractivity contribution in [1.82, 2.24) is 9.79 Å². The van der Waals surface area contributed by atoms with Crippen LogP contribution in [-0.2, 0) is 34.0 Å². The minimum Gasteiger partial charge on any atom is -0.494 e. The van der Waals surface area contributed by atoms with E-state index < -0.39 is 40.1 Å². The number of hydrogen-bond donors (Lipinski definition) is 2. The molecule has 186 valence electrons. The Hall–Kier alpha value is -2.70. The van der Waals surface area contributed by atoms with E-state index in [2.05, 4.69) is 4.72 Å². The first kappa shape index (κ1) is 28.3. The zero-order valence-corrected chi connectivity index (χ0v) is 20.5. The van der Waals surface area contributed by atoms with Gasteiger partial charge in [0.1, 0.15) is 11.8 Å². The molecule has 0 saturated carbocycles. The fraction of sp³-hybridized carbons (Fsp3) is 0.571. The van der Waals surface area contributed by atoms with Crippen LogP contribution in [0.2, 0.25) is 0 Å². The lowest BCUT2D eigenvalue weighted by Gasteiger charge is -2.29. The first-order valence-corrected chi connectivity index (χ1v) is 11.7. The van der Waals surface area contributed by atoms with Crippen LogP contribution in [0.25, 0.3) is 0 Å². The molecule has 0 bridgehead atoms. The Balaban J connectivity index is 3.11. The summed E-state index contributed by atoms with van der Waals surface area (Å²) in [5, 5.41) is 9.52. The van der Waals surface area contributed by atoms with Crippen molar-refractivity contribution in [2.45, 2.75) is 64.0 Å². The summed E-state index contributed by atoms with van der Waals surface area (Å²) in [5.74, 6) is -1.43. The predicted octanol–water partition coefficient (Wildman–Crippen LogP) is 1.56. The van der Waals surface area contributed by atoms with Gasteiger partial charge < -0.3 is 14.6 Å². The number of ether oxygens (including phenoxy) is 2. The maximum absolute atomic E-state index is 13.1. The van der Waals surface area contributed by atoms with Crippen LogP contribution < -0.4 is 9.46 Å². The van der Waals surface area contributed by atoms with Crippen LogP contribution in [0.15, 0.2) is 17.0 Å². The van der Waals surface area contributed by atoms with E-state index in [4.69, 9.17) is 19.4 Å². The number of nitrogens with zero attached hydrogens (tertiary/aromatic N) is 1. The number of carbonyl (C=O) groups excluding carboxylic acids is 2. The van der Waals surface area contributed by atoms with Crippen molar-refractivity contribution < 1.29 is 42.2 Å². The highest BCUT2D eigenvalue weighted by atomic mass is 32.2. The van der Waals surface area contributed by atoms with Crippen LogP contribution in [-0.4, -0.2) is 68.8 Å². The maximum Gasteiger partial charge on any atom is 0.325 e. The van der Waals surface area contributed by atoms with Crippen LogP contribution in [0, 0.1) is 13.8 Å². The number of aliphatic carboxylic acids is 1. The third-order valence-electron chi connectivity index (χ3n) is 4.16. The lowest BCUT2D eigenvalue weighted by atomic mass is 10.1. The molecule has 0 aliphatic rings. The highest BCUT2D eigenvalue weighted by Crippen LogP contribution is 2.26. The smallest absolute Gasteiger partial charge is 0.325 e. The molecule has 0 aromatic heterocycles. The fourth-order valence-corrected chi connectivity index (χ4v) is 4.64. The molecule has 0 radical (unpaired) electrons. The lowest BCUT2D eigenvalue weighted by molar-refractivity contribution is -0.218. The number of esters is 1. The van der Waals surface area contributed by atoms with Gasteiger partial charge in [0.05, 0.1) is 30.8 Å². The van der Waals surface area contributed by atoms with Crippen LogP contribution >= 0.6 is 0 Å².